The van der Waals surface area contributed by atoms with E-state index in [0.29, 0.717) is 29.4 Å². The summed E-state index contributed by atoms with van der Waals surface area (Å²) in [5.74, 6) is -9.26. The van der Waals surface area contributed by atoms with Crippen LogP contribution in [0.3, 0.4) is 0 Å². The van der Waals surface area contributed by atoms with Crippen LogP contribution in [0.1, 0.15) is 25.3 Å². The Morgan fingerprint density at radius 3 is 2.09 bits per heavy atom. The first-order valence-electron chi connectivity index (χ1n) is 10.5. The molecular weight excluding hydrogens is 497 g/mol. The third-order valence-corrected chi connectivity index (χ3v) is 6.23. The lowest BCUT2D eigenvalue weighted by molar-refractivity contribution is -0.189. The zero-order chi connectivity index (χ0) is 25.3. The molecule has 0 radical (unpaired) electrons. The fourth-order valence-corrected chi connectivity index (χ4v) is 4.44. The van der Waals surface area contributed by atoms with Gasteiger partial charge in [-0.1, -0.05) is 13.3 Å². The highest BCUT2D eigenvalue weighted by molar-refractivity contribution is 7.22. The fraction of sp³-hybridized carbons (Fsp3) is 0.200. The van der Waals surface area contributed by atoms with Gasteiger partial charge in [-0.05, 0) is 53.8 Å². The number of halogens is 7. The fourth-order valence-electron chi connectivity index (χ4n) is 3.36. The molecule has 1 aromatic heterocycles. The van der Waals surface area contributed by atoms with E-state index in [2.05, 4.69) is 4.74 Å². The smallest absolute Gasteiger partial charge is 0.432 e. The molecule has 0 spiro atoms. The summed E-state index contributed by atoms with van der Waals surface area (Å²) in [5.41, 5.74) is -1.74. The lowest BCUT2D eigenvalue weighted by atomic mass is 10.1. The lowest BCUT2D eigenvalue weighted by Crippen LogP contribution is -2.25. The Labute approximate surface area is 199 Å². The van der Waals surface area contributed by atoms with Crippen molar-refractivity contribution in [2.45, 2.75) is 25.9 Å². The topological polar surface area (TPSA) is 18.5 Å². The molecule has 10 heteroatoms. The SMILES string of the molecule is CCCCOc1ccc2cc(-c3cc(F)c(C(F)(F)Oc4cc(F)c(F)c(F)c4)c(F)c3)sc2c1. The van der Waals surface area contributed by atoms with Crippen molar-refractivity contribution in [3.63, 3.8) is 0 Å². The zero-order valence-electron chi connectivity index (χ0n) is 18.1. The molecule has 0 fully saturated rings. The average Bonchev–Trinajstić information content (AvgIpc) is 3.20. The Kier molecular flexibility index (Phi) is 6.93. The highest BCUT2D eigenvalue weighted by Gasteiger charge is 2.41. The first-order chi connectivity index (χ1) is 16.6. The quantitative estimate of drug-likeness (QED) is 0.133. The van der Waals surface area contributed by atoms with Crippen LogP contribution in [-0.2, 0) is 6.11 Å². The molecule has 184 valence electrons. The molecule has 0 saturated heterocycles. The van der Waals surface area contributed by atoms with Gasteiger partial charge in [-0.25, -0.2) is 22.0 Å². The van der Waals surface area contributed by atoms with Crippen LogP contribution in [0.5, 0.6) is 11.5 Å². The van der Waals surface area contributed by atoms with Crippen LogP contribution in [0.25, 0.3) is 20.5 Å². The maximum atomic E-state index is 14.7. The van der Waals surface area contributed by atoms with Crippen LogP contribution < -0.4 is 9.47 Å². The molecule has 0 aliphatic heterocycles. The minimum absolute atomic E-state index is 0.00747. The van der Waals surface area contributed by atoms with Crippen molar-refractivity contribution in [3.05, 3.63) is 83.2 Å². The van der Waals surface area contributed by atoms with E-state index in [1.165, 1.54) is 11.3 Å². The van der Waals surface area contributed by atoms with Crippen LogP contribution in [0.15, 0.2) is 48.5 Å². The van der Waals surface area contributed by atoms with Crippen molar-refractivity contribution in [2.75, 3.05) is 6.61 Å². The summed E-state index contributed by atoms with van der Waals surface area (Å²) >= 11 is 1.19. The van der Waals surface area contributed by atoms with Gasteiger partial charge in [-0.3, -0.25) is 0 Å². The number of hydrogen-bond donors (Lipinski definition) is 0. The molecule has 4 aromatic rings. The summed E-state index contributed by atoms with van der Waals surface area (Å²) in [6, 6.07) is 8.70. The van der Waals surface area contributed by atoms with Crippen LogP contribution in [-0.4, -0.2) is 6.61 Å². The number of unbranched alkanes of at least 4 members (excludes halogenated alkanes) is 1. The second kappa shape index (κ2) is 9.77. The molecule has 0 saturated carbocycles. The molecule has 35 heavy (non-hydrogen) atoms. The van der Waals surface area contributed by atoms with Crippen LogP contribution in [0.2, 0.25) is 0 Å². The molecule has 0 aliphatic rings. The van der Waals surface area contributed by atoms with Gasteiger partial charge in [-0.2, -0.15) is 8.78 Å². The van der Waals surface area contributed by atoms with E-state index < -0.39 is 46.5 Å². The van der Waals surface area contributed by atoms with Gasteiger partial charge in [0.05, 0.1) is 6.61 Å². The number of benzene rings is 3. The van der Waals surface area contributed by atoms with Crippen molar-refractivity contribution in [3.8, 4) is 21.9 Å². The maximum Gasteiger partial charge on any atom is 0.432 e. The maximum absolute atomic E-state index is 14.7. The number of rotatable bonds is 8. The van der Waals surface area contributed by atoms with Gasteiger partial charge in [0.1, 0.15) is 28.7 Å². The van der Waals surface area contributed by atoms with Crippen molar-refractivity contribution in [2.24, 2.45) is 0 Å². The van der Waals surface area contributed by atoms with Gasteiger partial charge in [-0.15, -0.1) is 11.3 Å². The minimum Gasteiger partial charge on any atom is -0.494 e. The molecule has 0 aliphatic carbocycles. The predicted molar refractivity (Wildman–Crippen MR) is 118 cm³/mol. The molecule has 0 atom stereocenters. The molecule has 4 rings (SSSR count). The highest BCUT2D eigenvalue weighted by atomic mass is 32.1. The van der Waals surface area contributed by atoms with Gasteiger partial charge in [0.25, 0.3) is 0 Å². The normalized spacial score (nSPS) is 11.8. The van der Waals surface area contributed by atoms with Crippen LogP contribution in [0.4, 0.5) is 30.7 Å². The summed E-state index contributed by atoms with van der Waals surface area (Å²) in [6.07, 6.45) is -2.79. The van der Waals surface area contributed by atoms with Gasteiger partial charge in [0.2, 0.25) is 0 Å². The van der Waals surface area contributed by atoms with Crippen LogP contribution in [0, 0.1) is 29.1 Å². The predicted octanol–water partition coefficient (Wildman–Crippen LogP) is 8.57. The van der Waals surface area contributed by atoms with E-state index in [1.807, 2.05) is 6.92 Å². The number of fused-ring (bicyclic) bond motifs is 1. The molecular formula is C25H17F7O2S. The van der Waals surface area contributed by atoms with E-state index >= 15 is 0 Å². The number of alkyl halides is 2. The van der Waals surface area contributed by atoms with Gasteiger partial charge in [0.15, 0.2) is 17.5 Å². The molecule has 0 amide bonds. The Morgan fingerprint density at radius 1 is 0.800 bits per heavy atom. The van der Waals surface area contributed by atoms with E-state index in [0.717, 1.165) is 22.9 Å². The van der Waals surface area contributed by atoms with Crippen molar-refractivity contribution < 1.29 is 40.2 Å². The monoisotopic (exact) mass is 514 g/mol. The van der Waals surface area contributed by atoms with Crippen LogP contribution >= 0.6 is 11.3 Å². The van der Waals surface area contributed by atoms with E-state index in [4.69, 9.17) is 4.74 Å². The third kappa shape index (κ3) is 5.22. The summed E-state index contributed by atoms with van der Waals surface area (Å²) in [7, 11) is 0. The second-order valence-electron chi connectivity index (χ2n) is 7.65. The van der Waals surface area contributed by atoms with E-state index in [-0.39, 0.29) is 17.7 Å². The number of thiophene rings is 1. The lowest BCUT2D eigenvalue weighted by Gasteiger charge is -2.20. The largest absolute Gasteiger partial charge is 0.494 e. The van der Waals surface area contributed by atoms with Gasteiger partial charge >= 0.3 is 6.11 Å². The van der Waals surface area contributed by atoms with Gasteiger partial charge in [0, 0.05) is 21.7 Å². The first kappa shape index (κ1) is 24.8. The average molecular weight is 514 g/mol. The highest BCUT2D eigenvalue weighted by Crippen LogP contribution is 2.40. The molecule has 2 nitrogen and oxygen atoms in total. The van der Waals surface area contributed by atoms with Crippen molar-refractivity contribution >= 4 is 21.4 Å². The third-order valence-electron chi connectivity index (χ3n) is 5.08. The second-order valence-corrected chi connectivity index (χ2v) is 8.73. The number of ether oxygens (including phenoxy) is 2. The zero-order valence-corrected chi connectivity index (χ0v) is 18.9. The van der Waals surface area contributed by atoms with Crippen molar-refractivity contribution in [1.29, 1.82) is 0 Å². The summed E-state index contributed by atoms with van der Waals surface area (Å²) in [5, 5.41) is 0.770. The number of hydrogen-bond acceptors (Lipinski definition) is 3. The standard InChI is InChI=1S/C25H17F7O2S/c1-2-3-6-33-15-5-4-13-9-21(35-22(13)12-15)14-7-17(26)23(18(27)8-14)25(31,32)34-16-10-19(28)24(30)20(29)11-16/h4-5,7-12H,2-3,6H2,1H3. The first-order valence-corrected chi connectivity index (χ1v) is 11.3. The molecule has 3 aromatic carbocycles. The van der Waals surface area contributed by atoms with E-state index in [9.17, 15) is 30.7 Å². The minimum atomic E-state index is -4.64. The summed E-state index contributed by atoms with van der Waals surface area (Å²) in [4.78, 5) is 0.418. The molecule has 1 heterocycles. The van der Waals surface area contributed by atoms with E-state index in [1.54, 1.807) is 24.3 Å². The Balaban J connectivity index is 1.63. The van der Waals surface area contributed by atoms with Gasteiger partial charge < -0.3 is 9.47 Å². The Morgan fingerprint density at radius 2 is 1.46 bits per heavy atom. The Bertz CT molecular complexity index is 1340. The summed E-state index contributed by atoms with van der Waals surface area (Å²) < 4.78 is 109. The van der Waals surface area contributed by atoms with Crippen molar-refractivity contribution in [1.82, 2.24) is 0 Å². The Hall–Kier alpha value is -3.27. The molecule has 0 unspecified atom stereocenters. The molecule has 0 N–H and O–H groups in total. The summed E-state index contributed by atoms with van der Waals surface area (Å²) in [6.45, 7) is 2.58. The molecule has 0 bridgehead atoms.